The first-order chi connectivity index (χ1) is 21.5. The summed E-state index contributed by atoms with van der Waals surface area (Å²) in [5, 5.41) is 0. The Hall–Kier alpha value is -3.75. The number of nitrogens with two attached hydrogens (primary N) is 1. The van der Waals surface area contributed by atoms with E-state index in [1.54, 1.807) is 23.1 Å². The minimum Gasteiger partial charge on any atom is -0.374 e. The second-order valence-electron chi connectivity index (χ2n) is 10.4. The van der Waals surface area contributed by atoms with E-state index in [-0.39, 0.29) is 38.2 Å². The van der Waals surface area contributed by atoms with E-state index < -0.39 is 9.84 Å². The van der Waals surface area contributed by atoms with E-state index in [2.05, 4.69) is 64.3 Å². The zero-order valence-electron chi connectivity index (χ0n) is 28.7. The predicted molar refractivity (Wildman–Crippen MR) is 186 cm³/mol. The van der Waals surface area contributed by atoms with Crippen molar-refractivity contribution < 1.29 is 18.0 Å². The van der Waals surface area contributed by atoms with Crippen LogP contribution in [0.25, 0.3) is 0 Å². The molecule has 8 heteroatoms. The molecule has 0 atom stereocenters. The normalized spacial score (nSPS) is 12.7. The number of hydrogen-bond donors (Lipinski definition) is 1. The van der Waals surface area contributed by atoms with Crippen molar-refractivity contribution in [2.24, 2.45) is 5.73 Å². The highest BCUT2D eigenvalue weighted by Gasteiger charge is 2.35. The Morgan fingerprint density at radius 3 is 1.78 bits per heavy atom. The molecule has 0 radical (unpaired) electrons. The minimum absolute atomic E-state index is 0.0118. The molecule has 1 heterocycles. The molecule has 1 aliphatic heterocycles. The molecule has 0 spiro atoms. The summed E-state index contributed by atoms with van der Waals surface area (Å²) < 4.78 is 26.5. The molecule has 1 amide bonds. The zero-order valence-corrected chi connectivity index (χ0v) is 29.5. The van der Waals surface area contributed by atoms with Gasteiger partial charge in [0.05, 0.1) is 9.79 Å². The Labute approximate surface area is 272 Å². The van der Waals surface area contributed by atoms with Crippen molar-refractivity contribution in [3.8, 4) is 0 Å². The van der Waals surface area contributed by atoms with Crippen LogP contribution >= 0.6 is 0 Å². The summed E-state index contributed by atoms with van der Waals surface area (Å²) >= 11 is 0. The van der Waals surface area contributed by atoms with Crippen LogP contribution < -0.4 is 5.73 Å². The Morgan fingerprint density at radius 1 is 0.756 bits per heavy atom. The quantitative estimate of drug-likeness (QED) is 0.211. The van der Waals surface area contributed by atoms with Crippen LogP contribution in [0.15, 0.2) is 94.0 Å². The SMILES string of the molecule is CCC.CCC/C(=C(\C)N(CC)C(=O)c1ccc2c(c1)S(=O)(=O)c1ccccc1C2=O)N(CC)CC.CN.Cc1ccccc1. The number of nitrogens with zero attached hydrogens (tertiary/aromatic N) is 2. The average Bonchev–Trinajstić information content (AvgIpc) is 3.06. The first kappa shape index (κ1) is 39.3. The highest BCUT2D eigenvalue weighted by atomic mass is 32.2. The van der Waals surface area contributed by atoms with Crippen LogP contribution in [0.4, 0.5) is 0 Å². The molecule has 4 rings (SSSR count). The summed E-state index contributed by atoms with van der Waals surface area (Å²) in [5.41, 5.74) is 8.34. The maximum atomic E-state index is 13.5. The van der Waals surface area contributed by atoms with E-state index >= 15 is 0 Å². The van der Waals surface area contributed by atoms with Gasteiger partial charge in [-0.05, 0) is 78.4 Å². The van der Waals surface area contributed by atoms with E-state index in [0.717, 1.165) is 37.3 Å². The second kappa shape index (κ2) is 19.6. The molecule has 0 aromatic heterocycles. The number of allylic oxidation sites excluding steroid dienone is 2. The molecule has 3 aromatic rings. The van der Waals surface area contributed by atoms with Gasteiger partial charge in [0.2, 0.25) is 9.84 Å². The highest BCUT2D eigenvalue weighted by Crippen LogP contribution is 2.35. The van der Waals surface area contributed by atoms with Crippen molar-refractivity contribution in [2.75, 3.05) is 26.7 Å². The van der Waals surface area contributed by atoms with Crippen LogP contribution in [0, 0.1) is 6.92 Å². The van der Waals surface area contributed by atoms with Gasteiger partial charge < -0.3 is 15.5 Å². The van der Waals surface area contributed by atoms with Gasteiger partial charge in [0.15, 0.2) is 5.78 Å². The van der Waals surface area contributed by atoms with E-state index in [1.807, 2.05) is 32.0 Å². The number of hydrogen-bond acceptors (Lipinski definition) is 6. The van der Waals surface area contributed by atoms with Crippen LogP contribution in [-0.2, 0) is 9.84 Å². The van der Waals surface area contributed by atoms with Crippen molar-refractivity contribution in [3.05, 3.63) is 106 Å². The number of amides is 1. The third-order valence-electron chi connectivity index (χ3n) is 7.14. The molecule has 1 aliphatic rings. The van der Waals surface area contributed by atoms with Gasteiger partial charge in [-0.1, -0.05) is 81.6 Å². The lowest BCUT2D eigenvalue weighted by atomic mass is 10.0. The van der Waals surface area contributed by atoms with Gasteiger partial charge in [-0.15, -0.1) is 0 Å². The number of fused-ring (bicyclic) bond motifs is 2. The average molecular weight is 636 g/mol. The van der Waals surface area contributed by atoms with Crippen molar-refractivity contribution in [3.63, 3.8) is 0 Å². The standard InChI is InChI=1S/C26H32N2O4S.C7H8.C3H8.CH5N/c1-6-12-22(27(7-2)8-3)18(5)28(9-4)26(30)19-15-16-21-24(17-19)33(31,32)23-14-11-10-13-20(23)25(21)29;1-7-5-3-2-4-6-7;1-3-2;1-2/h10-11,13-17H,6-9,12H2,1-5H3;2-6H,1H3;3H2,1-2H3;2H2,1H3/b22-18-;;;. The number of rotatable bonds is 8. The summed E-state index contributed by atoms with van der Waals surface area (Å²) in [6, 6.07) is 20.8. The second-order valence-corrected chi connectivity index (χ2v) is 12.3. The molecule has 0 unspecified atom stereocenters. The van der Waals surface area contributed by atoms with Gasteiger partial charge in [0, 0.05) is 47.7 Å². The molecule has 0 aliphatic carbocycles. The van der Waals surface area contributed by atoms with Crippen LogP contribution in [0.1, 0.15) is 99.6 Å². The zero-order chi connectivity index (χ0) is 34.2. The molecule has 45 heavy (non-hydrogen) atoms. The van der Waals surface area contributed by atoms with Gasteiger partial charge in [-0.2, -0.15) is 0 Å². The minimum atomic E-state index is -3.90. The van der Waals surface area contributed by atoms with Gasteiger partial charge in [0.1, 0.15) is 0 Å². The van der Waals surface area contributed by atoms with Crippen LogP contribution in [0.3, 0.4) is 0 Å². The Morgan fingerprint density at radius 2 is 1.29 bits per heavy atom. The smallest absolute Gasteiger partial charge is 0.258 e. The summed E-state index contributed by atoms with van der Waals surface area (Å²) in [6.45, 7) is 18.6. The Bertz CT molecular complexity index is 1510. The monoisotopic (exact) mass is 635 g/mol. The maximum Gasteiger partial charge on any atom is 0.258 e. The lowest BCUT2D eigenvalue weighted by Crippen LogP contribution is -2.34. The van der Waals surface area contributed by atoms with Crippen molar-refractivity contribution >= 4 is 21.5 Å². The molecule has 0 saturated carbocycles. The summed E-state index contributed by atoms with van der Waals surface area (Å²) in [7, 11) is -2.40. The molecule has 7 nitrogen and oxygen atoms in total. The van der Waals surface area contributed by atoms with Crippen LogP contribution in [0.2, 0.25) is 0 Å². The fraction of sp³-hybridized carbons (Fsp3) is 0.405. The number of benzene rings is 3. The molecular formula is C37H53N3O4S. The molecule has 0 fully saturated rings. The first-order valence-electron chi connectivity index (χ1n) is 15.9. The van der Waals surface area contributed by atoms with Crippen LogP contribution in [-0.4, -0.2) is 56.6 Å². The number of carbonyl (C=O) groups excluding carboxylic acids is 2. The Kier molecular flexibility index (Phi) is 17.1. The lowest BCUT2D eigenvalue weighted by molar-refractivity contribution is 0.0805. The molecule has 0 bridgehead atoms. The number of aryl methyl sites for hydroxylation is 1. The van der Waals surface area contributed by atoms with Gasteiger partial charge >= 0.3 is 0 Å². The van der Waals surface area contributed by atoms with E-state index in [9.17, 15) is 18.0 Å². The van der Waals surface area contributed by atoms with E-state index in [0.29, 0.717) is 6.54 Å². The van der Waals surface area contributed by atoms with E-state index in [4.69, 9.17) is 0 Å². The van der Waals surface area contributed by atoms with Crippen molar-refractivity contribution in [1.82, 2.24) is 9.80 Å². The summed E-state index contributed by atoms with van der Waals surface area (Å²) in [4.78, 5) is 30.3. The van der Waals surface area contributed by atoms with Gasteiger partial charge in [-0.25, -0.2) is 8.42 Å². The van der Waals surface area contributed by atoms with E-state index in [1.165, 1.54) is 43.3 Å². The molecule has 0 saturated heterocycles. The number of carbonyl (C=O) groups is 2. The fourth-order valence-electron chi connectivity index (χ4n) is 5.01. The third-order valence-corrected chi connectivity index (χ3v) is 8.99. The van der Waals surface area contributed by atoms with Gasteiger partial charge in [0.25, 0.3) is 5.91 Å². The number of ketones is 1. The largest absolute Gasteiger partial charge is 0.374 e. The molecule has 3 aromatic carbocycles. The van der Waals surface area contributed by atoms with Gasteiger partial charge in [-0.3, -0.25) is 9.59 Å². The molecular weight excluding hydrogens is 582 g/mol. The van der Waals surface area contributed by atoms with Crippen molar-refractivity contribution in [2.45, 2.75) is 84.4 Å². The van der Waals surface area contributed by atoms with Crippen molar-refractivity contribution in [1.29, 1.82) is 0 Å². The Balaban J connectivity index is 0.000000714. The lowest BCUT2D eigenvalue weighted by Gasteiger charge is -2.31. The van der Waals surface area contributed by atoms with Crippen LogP contribution in [0.5, 0.6) is 0 Å². The predicted octanol–water partition coefficient (Wildman–Crippen LogP) is 7.89. The fourth-order valence-corrected chi connectivity index (χ4v) is 6.68. The first-order valence-corrected chi connectivity index (χ1v) is 17.4. The maximum absolute atomic E-state index is 13.5. The third kappa shape index (κ3) is 9.87. The number of sulfone groups is 1. The summed E-state index contributed by atoms with van der Waals surface area (Å²) in [6.07, 6.45) is 3.05. The molecule has 2 N–H and O–H groups in total. The summed E-state index contributed by atoms with van der Waals surface area (Å²) in [5.74, 6) is -0.621. The topological polar surface area (TPSA) is 101 Å². The highest BCUT2D eigenvalue weighted by molar-refractivity contribution is 7.91. The molecule has 246 valence electrons.